The largest absolute Gasteiger partial charge is 0.275 e. The number of hydrogen-bond acceptors (Lipinski definition) is 1. The van der Waals surface area contributed by atoms with Crippen molar-refractivity contribution >= 4 is 26.8 Å². The summed E-state index contributed by atoms with van der Waals surface area (Å²) >= 11 is 3.48. The minimum absolute atomic E-state index is 1.04. The van der Waals surface area contributed by atoms with Gasteiger partial charge < -0.3 is 0 Å². The van der Waals surface area contributed by atoms with E-state index in [4.69, 9.17) is 0 Å². The third-order valence-corrected chi connectivity index (χ3v) is 2.75. The van der Waals surface area contributed by atoms with Crippen molar-refractivity contribution in [1.82, 2.24) is 9.78 Å². The molecule has 1 aromatic carbocycles. The fourth-order valence-electron chi connectivity index (χ4n) is 1.28. The highest BCUT2D eigenvalue weighted by molar-refractivity contribution is 9.10. The van der Waals surface area contributed by atoms with E-state index in [1.807, 2.05) is 24.0 Å². The van der Waals surface area contributed by atoms with Crippen LogP contribution in [0.1, 0.15) is 5.56 Å². The van der Waals surface area contributed by atoms with E-state index in [9.17, 15) is 0 Å². The molecule has 0 aliphatic carbocycles. The second-order valence-corrected chi connectivity index (χ2v) is 3.82. The molecule has 0 saturated carbocycles. The van der Waals surface area contributed by atoms with Crippen LogP contribution in [0.25, 0.3) is 10.9 Å². The fourth-order valence-corrected chi connectivity index (χ4v) is 1.61. The normalized spacial score (nSPS) is 10.9. The summed E-state index contributed by atoms with van der Waals surface area (Å²) in [4.78, 5) is 0. The molecule has 2 nitrogen and oxygen atoms in total. The zero-order valence-corrected chi connectivity index (χ0v) is 8.59. The summed E-state index contributed by atoms with van der Waals surface area (Å²) in [7, 11) is 1.93. The Kier molecular flexibility index (Phi) is 1.68. The molecule has 0 aliphatic rings. The van der Waals surface area contributed by atoms with Crippen LogP contribution in [-0.2, 0) is 7.05 Å². The number of rotatable bonds is 0. The van der Waals surface area contributed by atoms with Crippen LogP contribution in [0.4, 0.5) is 0 Å². The third kappa shape index (κ3) is 1.14. The molecule has 2 aromatic rings. The Morgan fingerprint density at radius 1 is 1.42 bits per heavy atom. The summed E-state index contributed by atoms with van der Waals surface area (Å²) in [5, 5.41) is 5.49. The molecule has 1 heterocycles. The van der Waals surface area contributed by atoms with Gasteiger partial charge in [0.05, 0.1) is 5.52 Å². The monoisotopic (exact) mass is 224 g/mol. The maximum absolute atomic E-state index is 4.30. The lowest BCUT2D eigenvalue weighted by atomic mass is 10.2. The van der Waals surface area contributed by atoms with Crippen molar-refractivity contribution < 1.29 is 0 Å². The quantitative estimate of drug-likeness (QED) is 0.673. The van der Waals surface area contributed by atoms with Crippen LogP contribution in [0.2, 0.25) is 0 Å². The molecule has 0 spiro atoms. The highest BCUT2D eigenvalue weighted by Crippen LogP contribution is 2.22. The number of benzene rings is 1. The number of aromatic nitrogens is 2. The summed E-state index contributed by atoms with van der Waals surface area (Å²) in [5.41, 5.74) is 2.28. The lowest BCUT2D eigenvalue weighted by Crippen LogP contribution is -1.84. The molecule has 0 fully saturated rings. The number of hydrogen-bond donors (Lipinski definition) is 0. The molecule has 0 aliphatic heterocycles. The van der Waals surface area contributed by atoms with Crippen molar-refractivity contribution in [2.24, 2.45) is 7.05 Å². The van der Waals surface area contributed by atoms with Gasteiger partial charge >= 0.3 is 0 Å². The highest BCUT2D eigenvalue weighted by atomic mass is 79.9. The molecule has 0 bridgehead atoms. The van der Waals surface area contributed by atoms with Crippen LogP contribution >= 0.6 is 15.9 Å². The summed E-state index contributed by atoms with van der Waals surface area (Å²) < 4.78 is 2.95. The topological polar surface area (TPSA) is 17.8 Å². The molecular formula is C9H9BrN2. The summed E-state index contributed by atoms with van der Waals surface area (Å²) in [6, 6.07) is 4.18. The van der Waals surface area contributed by atoms with E-state index in [1.54, 1.807) is 0 Å². The van der Waals surface area contributed by atoms with Crippen LogP contribution in [0, 0.1) is 6.92 Å². The van der Waals surface area contributed by atoms with Crippen molar-refractivity contribution in [3.63, 3.8) is 0 Å². The Morgan fingerprint density at radius 2 is 2.17 bits per heavy atom. The lowest BCUT2D eigenvalue weighted by Gasteiger charge is -1.95. The van der Waals surface area contributed by atoms with Gasteiger partial charge in [-0.05, 0) is 24.6 Å². The molecule has 0 saturated heterocycles. The molecule has 3 heteroatoms. The Balaban J connectivity index is 2.83. The molecule has 1 aromatic heterocycles. The lowest BCUT2D eigenvalue weighted by molar-refractivity contribution is 0.779. The number of nitrogens with zero attached hydrogens (tertiary/aromatic N) is 2. The van der Waals surface area contributed by atoms with Crippen molar-refractivity contribution in [3.8, 4) is 0 Å². The first-order chi connectivity index (χ1) is 5.66. The zero-order valence-electron chi connectivity index (χ0n) is 7.00. The van der Waals surface area contributed by atoms with E-state index >= 15 is 0 Å². The zero-order chi connectivity index (χ0) is 8.72. The first-order valence-electron chi connectivity index (χ1n) is 3.76. The fraction of sp³-hybridized carbons (Fsp3) is 0.222. The van der Waals surface area contributed by atoms with Crippen molar-refractivity contribution in [3.05, 3.63) is 28.4 Å². The molecule has 0 amide bonds. The summed E-state index contributed by atoms with van der Waals surface area (Å²) in [6.45, 7) is 2.08. The Hall–Kier alpha value is -0.830. The third-order valence-electron chi connectivity index (χ3n) is 1.90. The number of aryl methyl sites for hydroxylation is 2. The molecule has 2 rings (SSSR count). The predicted molar refractivity (Wildman–Crippen MR) is 53.2 cm³/mol. The van der Waals surface area contributed by atoms with Gasteiger partial charge in [-0.2, -0.15) is 5.10 Å². The van der Waals surface area contributed by atoms with Gasteiger partial charge in [0.15, 0.2) is 0 Å². The summed E-state index contributed by atoms with van der Waals surface area (Å²) in [6.07, 6.45) is 2.02. The molecule has 62 valence electrons. The van der Waals surface area contributed by atoms with E-state index in [1.165, 1.54) is 10.9 Å². The Bertz CT molecular complexity index is 392. The van der Waals surface area contributed by atoms with Gasteiger partial charge in [-0.15, -0.1) is 0 Å². The van der Waals surface area contributed by atoms with Gasteiger partial charge in [0.25, 0.3) is 0 Å². The minimum atomic E-state index is 1.04. The number of fused-ring (bicyclic) bond motifs is 1. The van der Waals surface area contributed by atoms with Crippen molar-refractivity contribution in [2.75, 3.05) is 0 Å². The SMILES string of the molecule is Cc1cc2cn(C)nc2cc1Br. The maximum atomic E-state index is 4.30. The molecule has 12 heavy (non-hydrogen) atoms. The molecule has 0 radical (unpaired) electrons. The molecule has 0 unspecified atom stereocenters. The molecule has 0 N–H and O–H groups in total. The van der Waals surface area contributed by atoms with E-state index in [2.05, 4.69) is 34.0 Å². The number of halogens is 1. The molecule has 0 atom stereocenters. The van der Waals surface area contributed by atoms with Crippen LogP contribution in [0.3, 0.4) is 0 Å². The van der Waals surface area contributed by atoms with E-state index < -0.39 is 0 Å². The van der Waals surface area contributed by atoms with Gasteiger partial charge in [0, 0.05) is 23.1 Å². The van der Waals surface area contributed by atoms with Gasteiger partial charge in [0.1, 0.15) is 0 Å². The van der Waals surface area contributed by atoms with E-state index in [0.29, 0.717) is 0 Å². The Labute approximate surface area is 79.3 Å². The van der Waals surface area contributed by atoms with Gasteiger partial charge in [-0.25, -0.2) is 0 Å². The minimum Gasteiger partial charge on any atom is -0.275 e. The van der Waals surface area contributed by atoms with Crippen molar-refractivity contribution in [1.29, 1.82) is 0 Å². The highest BCUT2D eigenvalue weighted by Gasteiger charge is 2.01. The first kappa shape index (κ1) is 7.80. The average molecular weight is 225 g/mol. The van der Waals surface area contributed by atoms with Crippen LogP contribution in [-0.4, -0.2) is 9.78 Å². The average Bonchev–Trinajstić information content (AvgIpc) is 2.30. The van der Waals surface area contributed by atoms with Crippen molar-refractivity contribution in [2.45, 2.75) is 6.92 Å². The Morgan fingerprint density at radius 3 is 2.92 bits per heavy atom. The second kappa shape index (κ2) is 2.59. The predicted octanol–water partition coefficient (Wildman–Crippen LogP) is 2.64. The van der Waals surface area contributed by atoms with Gasteiger partial charge in [-0.1, -0.05) is 15.9 Å². The van der Waals surface area contributed by atoms with Crippen LogP contribution in [0.5, 0.6) is 0 Å². The standard InChI is InChI=1S/C9H9BrN2/c1-6-3-7-5-12(2)11-9(7)4-8(6)10/h3-5H,1-2H3. The smallest absolute Gasteiger partial charge is 0.0934 e. The van der Waals surface area contributed by atoms with E-state index in [0.717, 1.165) is 9.99 Å². The van der Waals surface area contributed by atoms with Gasteiger partial charge in [0.2, 0.25) is 0 Å². The molecular weight excluding hydrogens is 216 g/mol. The van der Waals surface area contributed by atoms with Crippen LogP contribution in [0.15, 0.2) is 22.8 Å². The van der Waals surface area contributed by atoms with E-state index in [-0.39, 0.29) is 0 Å². The van der Waals surface area contributed by atoms with Crippen LogP contribution < -0.4 is 0 Å². The van der Waals surface area contributed by atoms with Gasteiger partial charge in [-0.3, -0.25) is 4.68 Å². The second-order valence-electron chi connectivity index (χ2n) is 2.96. The first-order valence-corrected chi connectivity index (χ1v) is 4.55. The maximum Gasteiger partial charge on any atom is 0.0934 e. The summed E-state index contributed by atoms with van der Waals surface area (Å²) in [5.74, 6) is 0.